The molecule has 0 bridgehead atoms. The summed E-state index contributed by atoms with van der Waals surface area (Å²) in [4.78, 5) is 4.15. The van der Waals surface area contributed by atoms with E-state index in [2.05, 4.69) is 14.9 Å². The molecule has 0 radical (unpaired) electrons. The van der Waals surface area contributed by atoms with Crippen LogP contribution in [0.3, 0.4) is 0 Å². The molecular formula is C9H16N4. The lowest BCUT2D eigenvalue weighted by atomic mass is 10.4. The summed E-state index contributed by atoms with van der Waals surface area (Å²) in [5.74, 6) is 0. The summed E-state index contributed by atoms with van der Waals surface area (Å²) in [6.07, 6.45) is 6.47. The maximum absolute atomic E-state index is 5.39. The molecule has 1 fully saturated rings. The lowest BCUT2D eigenvalue weighted by molar-refractivity contribution is 0.624. The maximum Gasteiger partial charge on any atom is 0.0951 e. The van der Waals surface area contributed by atoms with Crippen LogP contribution in [0.2, 0.25) is 0 Å². The lowest BCUT2D eigenvalue weighted by Crippen LogP contribution is -2.23. The van der Waals surface area contributed by atoms with Crippen LogP contribution in [-0.4, -0.2) is 22.6 Å². The minimum atomic E-state index is 0.692. The first-order valence-corrected chi connectivity index (χ1v) is 4.83. The predicted molar refractivity (Wildman–Crippen MR) is 51.3 cm³/mol. The van der Waals surface area contributed by atoms with Gasteiger partial charge in [-0.25, -0.2) is 4.98 Å². The van der Waals surface area contributed by atoms with E-state index in [0.29, 0.717) is 6.54 Å². The van der Waals surface area contributed by atoms with E-state index < -0.39 is 0 Å². The van der Waals surface area contributed by atoms with Crippen molar-refractivity contribution in [2.24, 2.45) is 5.73 Å². The number of imidazole rings is 1. The van der Waals surface area contributed by atoms with Crippen molar-refractivity contribution in [1.29, 1.82) is 0 Å². The predicted octanol–water partition coefficient (Wildman–Crippen LogP) is 0.266. The van der Waals surface area contributed by atoms with Crippen molar-refractivity contribution in [1.82, 2.24) is 14.9 Å². The quantitative estimate of drug-likeness (QED) is 0.639. The summed E-state index contributed by atoms with van der Waals surface area (Å²) in [6.45, 7) is 2.45. The Morgan fingerprint density at radius 1 is 1.62 bits per heavy atom. The van der Waals surface area contributed by atoms with E-state index in [-0.39, 0.29) is 0 Å². The van der Waals surface area contributed by atoms with Gasteiger partial charge in [-0.3, -0.25) is 0 Å². The fourth-order valence-electron chi connectivity index (χ4n) is 1.47. The van der Waals surface area contributed by atoms with Crippen molar-refractivity contribution in [2.75, 3.05) is 13.1 Å². The van der Waals surface area contributed by atoms with Gasteiger partial charge >= 0.3 is 0 Å². The standard InChI is InChI=1S/C9H16N4/c10-3-4-11-5-9-6-12-7-13(9)8-1-2-8/h6-8,11H,1-5,10H2. The second kappa shape index (κ2) is 3.89. The molecule has 0 unspecified atom stereocenters. The second-order valence-electron chi connectivity index (χ2n) is 3.49. The molecule has 0 saturated heterocycles. The summed E-state index contributed by atoms with van der Waals surface area (Å²) in [5.41, 5.74) is 6.67. The maximum atomic E-state index is 5.39. The van der Waals surface area contributed by atoms with Crippen molar-refractivity contribution in [3.05, 3.63) is 18.2 Å². The molecule has 72 valence electrons. The monoisotopic (exact) mass is 180 g/mol. The van der Waals surface area contributed by atoms with Crippen LogP contribution in [0.15, 0.2) is 12.5 Å². The van der Waals surface area contributed by atoms with E-state index in [1.54, 1.807) is 0 Å². The third-order valence-corrected chi connectivity index (χ3v) is 2.31. The molecule has 1 aliphatic carbocycles. The summed E-state index contributed by atoms with van der Waals surface area (Å²) in [7, 11) is 0. The molecule has 1 aromatic rings. The van der Waals surface area contributed by atoms with E-state index in [0.717, 1.165) is 19.1 Å². The molecule has 3 N–H and O–H groups in total. The highest BCUT2D eigenvalue weighted by molar-refractivity contribution is 5.03. The second-order valence-corrected chi connectivity index (χ2v) is 3.49. The van der Waals surface area contributed by atoms with Crippen molar-refractivity contribution < 1.29 is 0 Å². The smallest absolute Gasteiger partial charge is 0.0951 e. The van der Waals surface area contributed by atoms with Crippen LogP contribution < -0.4 is 11.1 Å². The Morgan fingerprint density at radius 2 is 2.46 bits per heavy atom. The number of hydrogen-bond donors (Lipinski definition) is 2. The summed E-state index contributed by atoms with van der Waals surface area (Å²) < 4.78 is 2.27. The lowest BCUT2D eigenvalue weighted by Gasteiger charge is -2.06. The summed E-state index contributed by atoms with van der Waals surface area (Å²) in [5, 5.41) is 3.27. The first-order valence-electron chi connectivity index (χ1n) is 4.83. The van der Waals surface area contributed by atoms with Gasteiger partial charge in [0.25, 0.3) is 0 Å². The highest BCUT2D eigenvalue weighted by Gasteiger charge is 2.24. The Bertz CT molecular complexity index is 264. The van der Waals surface area contributed by atoms with Crippen molar-refractivity contribution in [3.8, 4) is 0 Å². The molecule has 0 aliphatic heterocycles. The third-order valence-electron chi connectivity index (χ3n) is 2.31. The number of aromatic nitrogens is 2. The number of nitrogens with one attached hydrogen (secondary N) is 1. The zero-order valence-corrected chi connectivity index (χ0v) is 7.74. The van der Waals surface area contributed by atoms with E-state index in [4.69, 9.17) is 5.73 Å². The van der Waals surface area contributed by atoms with Gasteiger partial charge in [-0.05, 0) is 12.8 Å². The van der Waals surface area contributed by atoms with Gasteiger partial charge in [0.05, 0.1) is 12.0 Å². The van der Waals surface area contributed by atoms with E-state index in [1.807, 2.05) is 12.5 Å². The zero-order valence-electron chi connectivity index (χ0n) is 7.74. The first kappa shape index (κ1) is 8.72. The van der Waals surface area contributed by atoms with Gasteiger partial charge in [0.1, 0.15) is 0 Å². The highest BCUT2D eigenvalue weighted by atomic mass is 15.1. The van der Waals surface area contributed by atoms with Gasteiger partial charge in [0, 0.05) is 31.9 Å². The molecule has 1 aromatic heterocycles. The fourth-order valence-corrected chi connectivity index (χ4v) is 1.47. The molecular weight excluding hydrogens is 164 g/mol. The Balaban J connectivity index is 1.90. The molecule has 1 heterocycles. The van der Waals surface area contributed by atoms with Gasteiger partial charge < -0.3 is 15.6 Å². The molecule has 0 aromatic carbocycles. The van der Waals surface area contributed by atoms with Crippen LogP contribution in [0.25, 0.3) is 0 Å². The molecule has 4 heteroatoms. The van der Waals surface area contributed by atoms with Gasteiger partial charge in [0.15, 0.2) is 0 Å². The average molecular weight is 180 g/mol. The van der Waals surface area contributed by atoms with Gasteiger partial charge in [-0.15, -0.1) is 0 Å². The molecule has 1 aliphatic rings. The minimum absolute atomic E-state index is 0.692. The van der Waals surface area contributed by atoms with Crippen LogP contribution in [0.1, 0.15) is 24.6 Å². The van der Waals surface area contributed by atoms with Gasteiger partial charge in [0.2, 0.25) is 0 Å². The van der Waals surface area contributed by atoms with Crippen LogP contribution >= 0.6 is 0 Å². The molecule has 4 nitrogen and oxygen atoms in total. The molecule has 2 rings (SSSR count). The first-order chi connectivity index (χ1) is 6.42. The minimum Gasteiger partial charge on any atom is -0.330 e. The van der Waals surface area contributed by atoms with Crippen LogP contribution in [0.5, 0.6) is 0 Å². The van der Waals surface area contributed by atoms with Crippen LogP contribution in [0, 0.1) is 0 Å². The SMILES string of the molecule is NCCNCc1cncn1C1CC1. The average Bonchev–Trinajstić information content (AvgIpc) is 2.88. The normalized spacial score (nSPS) is 16.4. The number of rotatable bonds is 5. The topological polar surface area (TPSA) is 55.9 Å². The fraction of sp³-hybridized carbons (Fsp3) is 0.667. The van der Waals surface area contributed by atoms with Crippen LogP contribution in [-0.2, 0) is 6.54 Å². The largest absolute Gasteiger partial charge is 0.330 e. The summed E-state index contributed by atoms with van der Waals surface area (Å²) >= 11 is 0. The zero-order chi connectivity index (χ0) is 9.10. The van der Waals surface area contributed by atoms with E-state index in [9.17, 15) is 0 Å². The molecule has 0 atom stereocenters. The molecule has 13 heavy (non-hydrogen) atoms. The third kappa shape index (κ3) is 2.08. The van der Waals surface area contributed by atoms with Crippen LogP contribution in [0.4, 0.5) is 0 Å². The van der Waals surface area contributed by atoms with Gasteiger partial charge in [-0.2, -0.15) is 0 Å². The Hall–Kier alpha value is -0.870. The number of nitrogens with two attached hydrogens (primary N) is 1. The highest BCUT2D eigenvalue weighted by Crippen LogP contribution is 2.35. The number of hydrogen-bond acceptors (Lipinski definition) is 3. The summed E-state index contributed by atoms with van der Waals surface area (Å²) in [6, 6.07) is 0.720. The Labute approximate surface area is 78.1 Å². The van der Waals surface area contributed by atoms with Crippen molar-refractivity contribution >= 4 is 0 Å². The molecule has 0 spiro atoms. The van der Waals surface area contributed by atoms with Crippen molar-refractivity contribution in [3.63, 3.8) is 0 Å². The molecule has 1 saturated carbocycles. The number of nitrogens with zero attached hydrogens (tertiary/aromatic N) is 2. The molecule has 0 amide bonds. The van der Waals surface area contributed by atoms with E-state index in [1.165, 1.54) is 18.5 Å². The van der Waals surface area contributed by atoms with Crippen molar-refractivity contribution in [2.45, 2.75) is 25.4 Å². The Morgan fingerprint density at radius 3 is 3.15 bits per heavy atom. The van der Waals surface area contributed by atoms with E-state index >= 15 is 0 Å². The Kier molecular flexibility index (Phi) is 2.61. The van der Waals surface area contributed by atoms with Gasteiger partial charge in [-0.1, -0.05) is 0 Å².